The monoisotopic (exact) mass is 580 g/mol. The molecule has 0 amide bonds. The van der Waals surface area contributed by atoms with E-state index >= 15 is 0 Å². The van der Waals surface area contributed by atoms with Crippen molar-refractivity contribution in [3.8, 4) is 17.2 Å². The highest BCUT2D eigenvalue weighted by Crippen LogP contribution is 2.46. The minimum Gasteiger partial charge on any atom is -0.493 e. The third-order valence-corrected chi connectivity index (χ3v) is 7.36. The number of nitrogens with zero attached hydrogens (tertiary/aromatic N) is 4. The maximum Gasteiger partial charge on any atom is 0.337 e. The average Bonchev–Trinajstić information content (AvgIpc) is 3.63. The van der Waals surface area contributed by atoms with Crippen molar-refractivity contribution in [2.24, 2.45) is 0 Å². The van der Waals surface area contributed by atoms with Crippen LogP contribution in [0.2, 0.25) is 5.02 Å². The number of ether oxygens (including phenoxy) is 5. The summed E-state index contributed by atoms with van der Waals surface area (Å²) in [6.07, 6.45) is 3.64. The highest BCUT2D eigenvalue weighted by atomic mass is 35.5. The molecular weight excluding hydrogens is 548 g/mol. The zero-order valence-corrected chi connectivity index (χ0v) is 24.4. The van der Waals surface area contributed by atoms with Crippen LogP contribution in [0.25, 0.3) is 5.69 Å². The van der Waals surface area contributed by atoms with E-state index in [0.29, 0.717) is 35.2 Å². The first-order chi connectivity index (χ1) is 19.7. The molecular formula is C30H33ClN4O6. The lowest BCUT2D eigenvalue weighted by Gasteiger charge is -2.25. The Hall–Kier alpha value is -3.86. The molecule has 0 bridgehead atoms. The molecule has 0 spiro atoms. The first-order valence-corrected chi connectivity index (χ1v) is 13.6. The predicted octanol–water partition coefficient (Wildman–Crippen LogP) is 5.46. The molecule has 4 aromatic rings. The number of carbonyl (C=O) groups is 1. The third-order valence-electron chi connectivity index (χ3n) is 7.12. The lowest BCUT2D eigenvalue weighted by molar-refractivity contribution is -0.166. The largest absolute Gasteiger partial charge is 0.493 e. The number of carbonyl (C=O) groups excluding carboxylic acids is 1. The summed E-state index contributed by atoms with van der Waals surface area (Å²) >= 11 is 6.50. The van der Waals surface area contributed by atoms with E-state index in [1.807, 2.05) is 48.7 Å². The molecule has 5 rings (SSSR count). The number of hydrogen-bond acceptors (Lipinski definition) is 8. The van der Waals surface area contributed by atoms with Gasteiger partial charge in [-0.1, -0.05) is 28.9 Å². The van der Waals surface area contributed by atoms with E-state index in [1.165, 1.54) is 7.11 Å². The van der Waals surface area contributed by atoms with Gasteiger partial charge >= 0.3 is 5.97 Å². The van der Waals surface area contributed by atoms with E-state index in [1.54, 1.807) is 38.9 Å². The van der Waals surface area contributed by atoms with Crippen molar-refractivity contribution in [2.45, 2.75) is 51.2 Å². The van der Waals surface area contributed by atoms with Crippen LogP contribution in [-0.2, 0) is 32.2 Å². The van der Waals surface area contributed by atoms with Crippen molar-refractivity contribution in [3.05, 3.63) is 88.5 Å². The molecule has 0 radical (unpaired) electrons. The Balaban J connectivity index is 1.43. The normalized spacial score (nSPS) is 16.4. The Morgan fingerprint density at radius 2 is 1.90 bits per heavy atom. The van der Waals surface area contributed by atoms with E-state index < -0.39 is 17.7 Å². The summed E-state index contributed by atoms with van der Waals surface area (Å²) in [5.41, 5.74) is 3.23. The summed E-state index contributed by atoms with van der Waals surface area (Å²) in [5, 5.41) is 9.09. The van der Waals surface area contributed by atoms with Crippen LogP contribution in [0.5, 0.6) is 11.5 Å². The molecule has 216 valence electrons. The molecule has 2 aromatic heterocycles. The molecule has 41 heavy (non-hydrogen) atoms. The lowest BCUT2D eigenvalue weighted by Crippen LogP contribution is -2.35. The number of fused-ring (bicyclic) bond motifs is 3. The van der Waals surface area contributed by atoms with Crippen molar-refractivity contribution in [1.29, 1.82) is 0 Å². The van der Waals surface area contributed by atoms with E-state index in [2.05, 4.69) is 20.9 Å². The molecule has 0 fully saturated rings. The second-order valence-corrected chi connectivity index (χ2v) is 10.6. The Bertz CT molecular complexity index is 1530. The Morgan fingerprint density at radius 3 is 2.66 bits per heavy atom. The Morgan fingerprint density at radius 1 is 1.07 bits per heavy atom. The van der Waals surface area contributed by atoms with Gasteiger partial charge in [-0.3, -0.25) is 4.68 Å². The maximum absolute atomic E-state index is 11.9. The fourth-order valence-electron chi connectivity index (χ4n) is 5.04. The Kier molecular flexibility index (Phi) is 8.35. The van der Waals surface area contributed by atoms with Gasteiger partial charge in [-0.15, -0.1) is 5.10 Å². The van der Waals surface area contributed by atoms with Gasteiger partial charge in [0.15, 0.2) is 17.1 Å². The zero-order chi connectivity index (χ0) is 29.1. The summed E-state index contributed by atoms with van der Waals surface area (Å²) in [6.45, 7) is 3.96. The van der Waals surface area contributed by atoms with Gasteiger partial charge in [0.05, 0.1) is 45.5 Å². The van der Waals surface area contributed by atoms with Crippen molar-refractivity contribution in [2.75, 3.05) is 21.3 Å². The number of halogens is 1. The topological polar surface area (TPSA) is 98.9 Å². The minimum atomic E-state index is -1.09. The van der Waals surface area contributed by atoms with Crippen molar-refractivity contribution in [3.63, 3.8) is 0 Å². The molecule has 1 aliphatic heterocycles. The fraction of sp³-hybridized carbons (Fsp3) is 0.367. The van der Waals surface area contributed by atoms with Crippen LogP contribution < -0.4 is 9.47 Å². The van der Waals surface area contributed by atoms with E-state index in [-0.39, 0.29) is 12.7 Å². The SMILES string of the molecule is COC(=O)C(C)(C)OCc1cn(CC[C@H]2O[C@H](c3cccc(OC)c3OC)c3cc(Cl)ccc3-n3cccc32)nn1. The smallest absolute Gasteiger partial charge is 0.337 e. The average molecular weight is 581 g/mol. The molecule has 3 heterocycles. The van der Waals surface area contributed by atoms with Gasteiger partial charge in [0.1, 0.15) is 17.9 Å². The number of esters is 1. The van der Waals surface area contributed by atoms with Crippen molar-refractivity contribution >= 4 is 17.6 Å². The quantitative estimate of drug-likeness (QED) is 0.228. The van der Waals surface area contributed by atoms with Crippen LogP contribution in [0.3, 0.4) is 0 Å². The molecule has 11 heteroatoms. The molecule has 0 N–H and O–H groups in total. The lowest BCUT2D eigenvalue weighted by atomic mass is 9.98. The summed E-state index contributed by atoms with van der Waals surface area (Å²) in [6, 6.07) is 15.6. The first kappa shape index (κ1) is 28.7. The molecule has 1 aliphatic rings. The van der Waals surface area contributed by atoms with Gasteiger partial charge in [0.25, 0.3) is 0 Å². The minimum absolute atomic E-state index is 0.124. The molecule has 2 aromatic carbocycles. The number of para-hydroxylation sites is 1. The number of benzene rings is 2. The fourth-order valence-corrected chi connectivity index (χ4v) is 5.22. The standard InChI is InChI=1S/C30H33ClN4O6/c1-30(2,29(36)39-5)40-18-20-17-34(33-32-20)15-13-25-24-9-7-14-35(24)23-12-11-19(31)16-22(23)27(41-25)21-8-6-10-26(37-3)28(21)38-4/h6-12,14,16-17,25,27H,13,15,18H2,1-5H3/t25-,27-/m1/s1. The highest BCUT2D eigenvalue weighted by Gasteiger charge is 2.33. The number of rotatable bonds is 10. The first-order valence-electron chi connectivity index (χ1n) is 13.2. The van der Waals surface area contributed by atoms with Crippen LogP contribution in [0.15, 0.2) is 60.9 Å². The maximum atomic E-state index is 11.9. The summed E-state index contributed by atoms with van der Waals surface area (Å²) in [7, 11) is 4.57. The molecule has 0 saturated carbocycles. The third kappa shape index (κ3) is 5.81. The summed E-state index contributed by atoms with van der Waals surface area (Å²) in [5.74, 6) is 0.764. The van der Waals surface area contributed by atoms with Gasteiger partial charge in [-0.05, 0) is 56.7 Å². The van der Waals surface area contributed by atoms with E-state index in [0.717, 1.165) is 22.5 Å². The van der Waals surface area contributed by atoms with Gasteiger partial charge in [-0.2, -0.15) is 0 Å². The summed E-state index contributed by atoms with van der Waals surface area (Å²) in [4.78, 5) is 11.9. The van der Waals surface area contributed by atoms with Crippen LogP contribution >= 0.6 is 11.6 Å². The van der Waals surface area contributed by atoms with Gasteiger partial charge in [-0.25, -0.2) is 4.79 Å². The molecule has 0 saturated heterocycles. The number of aromatic nitrogens is 4. The van der Waals surface area contributed by atoms with Gasteiger partial charge in [0.2, 0.25) is 0 Å². The number of methoxy groups -OCH3 is 3. The van der Waals surface area contributed by atoms with Crippen molar-refractivity contribution in [1.82, 2.24) is 19.6 Å². The number of aryl methyl sites for hydroxylation is 1. The zero-order valence-electron chi connectivity index (χ0n) is 23.7. The highest BCUT2D eigenvalue weighted by molar-refractivity contribution is 6.30. The van der Waals surface area contributed by atoms with E-state index in [4.69, 9.17) is 35.3 Å². The van der Waals surface area contributed by atoms with Crippen LogP contribution in [0, 0.1) is 0 Å². The second kappa shape index (κ2) is 11.9. The van der Waals surface area contributed by atoms with Crippen LogP contribution in [-0.4, -0.2) is 52.5 Å². The van der Waals surface area contributed by atoms with Gasteiger partial charge in [0, 0.05) is 28.9 Å². The van der Waals surface area contributed by atoms with Crippen LogP contribution in [0.4, 0.5) is 0 Å². The molecule has 2 atom stereocenters. The number of hydrogen-bond donors (Lipinski definition) is 0. The summed E-state index contributed by atoms with van der Waals surface area (Å²) < 4.78 is 32.7. The van der Waals surface area contributed by atoms with Crippen molar-refractivity contribution < 1.29 is 28.5 Å². The molecule has 10 nitrogen and oxygen atoms in total. The molecule has 0 unspecified atom stereocenters. The van der Waals surface area contributed by atoms with Crippen LogP contribution in [0.1, 0.15) is 55.0 Å². The van der Waals surface area contributed by atoms with E-state index in [9.17, 15) is 4.79 Å². The predicted molar refractivity (Wildman–Crippen MR) is 152 cm³/mol. The van der Waals surface area contributed by atoms with Gasteiger partial charge < -0.3 is 28.3 Å². The second-order valence-electron chi connectivity index (χ2n) is 10.1. The Labute approximate surface area is 243 Å². The molecule has 0 aliphatic carbocycles.